The molecule has 0 fully saturated rings. The maximum atomic E-state index is 15.3. The molecule has 4 rings (SSSR count). The highest BCUT2D eigenvalue weighted by molar-refractivity contribution is 5.95. The highest BCUT2D eigenvalue weighted by atomic mass is 19.1. The van der Waals surface area contributed by atoms with Crippen LogP contribution in [-0.4, -0.2) is 46.5 Å². The minimum atomic E-state index is -0.654. The summed E-state index contributed by atoms with van der Waals surface area (Å²) >= 11 is 0. The number of hydrogen-bond donors (Lipinski definition) is 3. The molecular formula is C31H40FN7O5. The summed E-state index contributed by atoms with van der Waals surface area (Å²) in [5, 5.41) is 8.54. The molecule has 2 amide bonds. The Balaban J connectivity index is 1.51. The lowest BCUT2D eigenvalue weighted by molar-refractivity contribution is 0.0241. The number of aromatic nitrogens is 2. The average molecular weight is 610 g/mol. The van der Waals surface area contributed by atoms with Crippen LogP contribution in [0.25, 0.3) is 0 Å². The molecular weight excluding hydrogens is 569 g/mol. The molecule has 3 aromatic rings. The van der Waals surface area contributed by atoms with Gasteiger partial charge in [-0.15, -0.1) is 0 Å². The van der Waals surface area contributed by atoms with Gasteiger partial charge in [0.05, 0.1) is 31.5 Å². The number of benzene rings is 2. The fourth-order valence-electron chi connectivity index (χ4n) is 4.87. The molecule has 1 aromatic heterocycles. The van der Waals surface area contributed by atoms with Crippen molar-refractivity contribution in [3.8, 4) is 5.75 Å². The highest BCUT2D eigenvalue weighted by Gasteiger charge is 2.28. The number of carbonyl (C=O) groups excluding carboxylic acids is 2. The van der Waals surface area contributed by atoms with Crippen LogP contribution in [-0.2, 0) is 42.3 Å². The van der Waals surface area contributed by atoms with Gasteiger partial charge < -0.3 is 25.3 Å². The smallest absolute Gasteiger partial charge is 0.410 e. The third-order valence-corrected chi connectivity index (χ3v) is 6.80. The van der Waals surface area contributed by atoms with E-state index in [1.165, 1.54) is 31.5 Å². The summed E-state index contributed by atoms with van der Waals surface area (Å²) in [5.74, 6) is 4.99. The lowest BCUT2D eigenvalue weighted by Gasteiger charge is -2.24. The minimum absolute atomic E-state index is 0.0105. The van der Waals surface area contributed by atoms with Gasteiger partial charge in [0.25, 0.3) is 5.91 Å². The Morgan fingerprint density at radius 1 is 1.16 bits per heavy atom. The molecule has 0 radical (unpaired) electrons. The monoisotopic (exact) mass is 609 g/mol. The van der Waals surface area contributed by atoms with Crippen molar-refractivity contribution in [1.82, 2.24) is 20.0 Å². The van der Waals surface area contributed by atoms with Crippen molar-refractivity contribution in [2.75, 3.05) is 19.2 Å². The molecule has 0 saturated heterocycles. The second kappa shape index (κ2) is 13.3. The van der Waals surface area contributed by atoms with Crippen molar-refractivity contribution in [3.63, 3.8) is 0 Å². The van der Waals surface area contributed by atoms with Crippen LogP contribution in [0.1, 0.15) is 66.0 Å². The predicted octanol–water partition coefficient (Wildman–Crippen LogP) is 3.91. The number of ether oxygens (including phenoxy) is 3. The summed E-state index contributed by atoms with van der Waals surface area (Å²) in [7, 11) is 2.87. The van der Waals surface area contributed by atoms with Gasteiger partial charge in [-0.3, -0.25) is 19.4 Å². The van der Waals surface area contributed by atoms with Crippen molar-refractivity contribution >= 4 is 17.7 Å². The first-order chi connectivity index (χ1) is 20.8. The number of hydrazine groups is 1. The Morgan fingerprint density at radius 3 is 2.55 bits per heavy atom. The van der Waals surface area contributed by atoms with Gasteiger partial charge in [0, 0.05) is 50.4 Å². The summed E-state index contributed by atoms with van der Waals surface area (Å²) in [6.45, 7) is 8.39. The van der Waals surface area contributed by atoms with Gasteiger partial charge in [0.2, 0.25) is 0 Å². The van der Waals surface area contributed by atoms with Crippen molar-refractivity contribution in [2.45, 2.75) is 66.1 Å². The van der Waals surface area contributed by atoms with E-state index in [0.717, 1.165) is 16.7 Å². The van der Waals surface area contributed by atoms with E-state index in [0.29, 0.717) is 36.7 Å². The van der Waals surface area contributed by atoms with Gasteiger partial charge in [-0.05, 0) is 56.5 Å². The van der Waals surface area contributed by atoms with Crippen molar-refractivity contribution in [3.05, 3.63) is 87.8 Å². The van der Waals surface area contributed by atoms with Crippen LogP contribution < -0.4 is 26.6 Å². The number of fused-ring (bicyclic) bond motifs is 1. The highest BCUT2D eigenvalue weighted by Crippen LogP contribution is 2.30. The molecule has 44 heavy (non-hydrogen) atoms. The number of carbonyl (C=O) groups is 2. The fraction of sp³-hybridized carbons (Fsp3) is 0.387. The quantitative estimate of drug-likeness (QED) is 0.230. The maximum absolute atomic E-state index is 15.3. The minimum Gasteiger partial charge on any atom is -0.494 e. The number of nitrogens with one attached hydrogen (secondary N) is 1. The second-order valence-electron chi connectivity index (χ2n) is 11.6. The molecule has 0 atom stereocenters. The third-order valence-electron chi connectivity index (χ3n) is 6.80. The molecule has 1 aliphatic heterocycles. The molecule has 0 unspecified atom stereocenters. The van der Waals surface area contributed by atoms with Crippen LogP contribution in [0.5, 0.6) is 5.75 Å². The van der Waals surface area contributed by atoms with Crippen LogP contribution in [0.2, 0.25) is 0 Å². The Morgan fingerprint density at radius 2 is 1.89 bits per heavy atom. The van der Waals surface area contributed by atoms with Crippen molar-refractivity contribution in [2.24, 2.45) is 11.6 Å². The van der Waals surface area contributed by atoms with Crippen LogP contribution in [0.4, 0.5) is 14.9 Å². The van der Waals surface area contributed by atoms with Gasteiger partial charge >= 0.3 is 6.09 Å². The molecule has 2 aromatic carbocycles. The van der Waals surface area contributed by atoms with E-state index >= 15 is 4.39 Å². The lowest BCUT2D eigenvalue weighted by atomic mass is 10.1. The van der Waals surface area contributed by atoms with Crippen LogP contribution in [0, 0.1) is 5.82 Å². The zero-order chi connectivity index (χ0) is 32.2. The number of anilines is 1. The number of allylic oxidation sites excluding steroid dienone is 1. The zero-order valence-electron chi connectivity index (χ0n) is 25.9. The molecule has 0 aliphatic carbocycles. The van der Waals surface area contributed by atoms with Gasteiger partial charge in [0.1, 0.15) is 11.3 Å². The number of amides is 2. The summed E-state index contributed by atoms with van der Waals surface area (Å²) in [6.07, 6.45) is 2.72. The van der Waals surface area contributed by atoms with E-state index in [1.807, 2.05) is 39.0 Å². The summed E-state index contributed by atoms with van der Waals surface area (Å²) < 4.78 is 32.9. The molecule has 12 nitrogen and oxygen atoms in total. The molecule has 5 N–H and O–H groups in total. The van der Waals surface area contributed by atoms with E-state index in [-0.39, 0.29) is 36.1 Å². The Bertz CT molecular complexity index is 1560. The number of nitrogens with zero attached hydrogens (tertiary/aromatic N) is 4. The summed E-state index contributed by atoms with van der Waals surface area (Å²) in [6, 6.07) is 9.02. The molecule has 0 spiro atoms. The first-order valence-corrected chi connectivity index (χ1v) is 14.0. The first kappa shape index (κ1) is 32.3. The van der Waals surface area contributed by atoms with Crippen LogP contribution >= 0.6 is 0 Å². The lowest BCUT2D eigenvalue weighted by Crippen LogP contribution is -2.33. The largest absolute Gasteiger partial charge is 0.494 e. The first-order valence-electron chi connectivity index (χ1n) is 14.0. The number of nitrogens with two attached hydrogens (primary N) is 2. The van der Waals surface area contributed by atoms with Gasteiger partial charge in [-0.2, -0.15) is 5.10 Å². The molecule has 2 heterocycles. The number of rotatable bonds is 10. The predicted molar refractivity (Wildman–Crippen MR) is 163 cm³/mol. The van der Waals surface area contributed by atoms with Crippen molar-refractivity contribution in [1.29, 1.82) is 0 Å². The van der Waals surface area contributed by atoms with E-state index < -0.39 is 17.3 Å². The Kier molecular flexibility index (Phi) is 9.80. The summed E-state index contributed by atoms with van der Waals surface area (Å²) in [4.78, 5) is 27.6. The fourth-order valence-corrected chi connectivity index (χ4v) is 4.87. The van der Waals surface area contributed by atoms with Crippen LogP contribution in [0.3, 0.4) is 0 Å². The number of halogens is 1. The maximum Gasteiger partial charge on any atom is 0.410 e. The van der Waals surface area contributed by atoms with E-state index in [2.05, 4.69) is 10.4 Å². The van der Waals surface area contributed by atoms with Crippen LogP contribution in [0.15, 0.2) is 48.4 Å². The molecule has 236 valence electrons. The average Bonchev–Trinajstić information content (AvgIpc) is 3.55. The zero-order valence-corrected chi connectivity index (χ0v) is 25.9. The SMILES string of the molecule is COCc1nn(Cc2ccc3c(c2)CN(C(=O)OC(C)(C)C)C3)cc1C(=O)NCc1c(N(N)/C=C(/C)N)ccc(OC)c1F. The second-order valence-corrected chi connectivity index (χ2v) is 11.6. The van der Waals surface area contributed by atoms with Gasteiger partial charge in [-0.1, -0.05) is 18.2 Å². The molecule has 1 aliphatic rings. The molecule has 13 heteroatoms. The molecule has 0 bridgehead atoms. The normalized spacial score (nSPS) is 13.1. The van der Waals surface area contributed by atoms with E-state index in [9.17, 15) is 9.59 Å². The number of hydrogen-bond acceptors (Lipinski definition) is 9. The Labute approximate surface area is 256 Å². The molecule has 0 saturated carbocycles. The van der Waals surface area contributed by atoms with Gasteiger partial charge in [-0.25, -0.2) is 15.0 Å². The number of methoxy groups -OCH3 is 2. The van der Waals surface area contributed by atoms with Crippen molar-refractivity contribution < 1.29 is 28.2 Å². The van der Waals surface area contributed by atoms with Gasteiger partial charge in [0.15, 0.2) is 11.6 Å². The Hall–Kier alpha value is -4.62. The van der Waals surface area contributed by atoms with E-state index in [1.54, 1.807) is 28.8 Å². The summed E-state index contributed by atoms with van der Waals surface area (Å²) in [5.41, 5.74) is 9.77. The van der Waals surface area contributed by atoms with E-state index in [4.69, 9.17) is 25.8 Å². The topological polar surface area (TPSA) is 150 Å². The third kappa shape index (κ3) is 7.66. The standard InChI is InChI=1S/C31H40FN7O5/c1-19(33)13-39(34)26-9-10-27(43-6)28(32)23(26)12-35-29(40)24-17-38(36-25(24)18-42-5)14-20-7-8-21-15-37(16-22(21)11-20)30(41)44-31(2,3)4/h7-11,13,17H,12,14-16,18,33-34H2,1-6H3,(H,35,40)/b19-13-.